The van der Waals surface area contributed by atoms with Crippen LogP contribution in [-0.2, 0) is 0 Å². The Labute approximate surface area is 328 Å². The molecule has 3 aromatic heterocycles. The Morgan fingerprint density at radius 1 is 0.404 bits per heavy atom. The lowest BCUT2D eigenvalue weighted by atomic mass is 9.94. The van der Waals surface area contributed by atoms with Gasteiger partial charge in [-0.15, -0.1) is 0 Å². The summed E-state index contributed by atoms with van der Waals surface area (Å²) >= 11 is 0. The van der Waals surface area contributed by atoms with Gasteiger partial charge in [-0.3, -0.25) is 9.13 Å². The second-order valence-corrected chi connectivity index (χ2v) is 14.5. The number of para-hydroxylation sites is 5. The first kappa shape index (κ1) is 31.6. The highest BCUT2D eigenvalue weighted by Gasteiger charge is 2.30. The van der Waals surface area contributed by atoms with Gasteiger partial charge in [0, 0.05) is 38.4 Å². The number of aromatic nitrogens is 4. The Morgan fingerprint density at radius 3 is 1.89 bits per heavy atom. The molecule has 8 aromatic carbocycles. The highest BCUT2D eigenvalue weighted by Crippen LogP contribution is 2.50. The van der Waals surface area contributed by atoms with Crippen molar-refractivity contribution in [1.82, 2.24) is 19.1 Å². The van der Waals surface area contributed by atoms with Crippen molar-refractivity contribution in [3.63, 3.8) is 0 Å². The van der Waals surface area contributed by atoms with Crippen LogP contribution >= 0.6 is 0 Å². The zero-order chi connectivity index (χ0) is 37.5. The van der Waals surface area contributed by atoms with Gasteiger partial charge < -0.3 is 4.74 Å². The summed E-state index contributed by atoms with van der Waals surface area (Å²) in [7, 11) is 0. The Bertz CT molecular complexity index is 3360. The molecule has 0 saturated heterocycles. The maximum Gasteiger partial charge on any atom is 0.161 e. The molecule has 0 aliphatic carbocycles. The van der Waals surface area contributed by atoms with Crippen molar-refractivity contribution in [3.05, 3.63) is 194 Å². The van der Waals surface area contributed by atoms with Crippen LogP contribution < -0.4 is 4.74 Å². The van der Waals surface area contributed by atoms with Gasteiger partial charge >= 0.3 is 0 Å². The van der Waals surface area contributed by atoms with Crippen LogP contribution in [0.4, 0.5) is 0 Å². The summed E-state index contributed by atoms with van der Waals surface area (Å²) in [4.78, 5) is 10.7. The number of nitrogens with zero attached hydrogens (tertiary/aromatic N) is 4. The maximum atomic E-state index is 6.56. The third-order valence-corrected chi connectivity index (χ3v) is 11.3. The number of rotatable bonds is 5. The van der Waals surface area contributed by atoms with Crippen LogP contribution in [0, 0.1) is 0 Å². The van der Waals surface area contributed by atoms with E-state index in [2.05, 4.69) is 191 Å². The number of fused-ring (bicyclic) bond motifs is 8. The third-order valence-electron chi connectivity index (χ3n) is 11.3. The molecular weight excluding hydrogens is 697 g/mol. The van der Waals surface area contributed by atoms with Gasteiger partial charge in [-0.25, -0.2) is 9.97 Å². The van der Waals surface area contributed by atoms with Gasteiger partial charge in [0.25, 0.3) is 0 Å². The summed E-state index contributed by atoms with van der Waals surface area (Å²) in [6.07, 6.45) is 0. The van der Waals surface area contributed by atoms with Crippen LogP contribution in [0.1, 0.15) is 0 Å². The Balaban J connectivity index is 1.13. The van der Waals surface area contributed by atoms with Gasteiger partial charge in [-0.1, -0.05) is 152 Å². The van der Waals surface area contributed by atoms with Gasteiger partial charge in [0.15, 0.2) is 17.3 Å². The second-order valence-electron chi connectivity index (χ2n) is 14.5. The van der Waals surface area contributed by atoms with E-state index >= 15 is 0 Å². The lowest BCUT2D eigenvalue weighted by Crippen LogP contribution is -2.06. The largest absolute Gasteiger partial charge is 0.453 e. The predicted octanol–water partition coefficient (Wildman–Crippen LogP) is 13.4. The first-order chi connectivity index (χ1) is 28.3. The van der Waals surface area contributed by atoms with Crippen LogP contribution in [0.3, 0.4) is 0 Å². The minimum Gasteiger partial charge on any atom is -0.453 e. The first-order valence-electron chi connectivity index (χ1n) is 19.3. The van der Waals surface area contributed by atoms with Gasteiger partial charge in [-0.05, 0) is 64.7 Å². The highest BCUT2D eigenvalue weighted by atomic mass is 16.5. The van der Waals surface area contributed by atoms with E-state index in [9.17, 15) is 0 Å². The first-order valence-corrected chi connectivity index (χ1v) is 19.3. The zero-order valence-electron chi connectivity index (χ0n) is 30.7. The smallest absolute Gasteiger partial charge is 0.161 e. The van der Waals surface area contributed by atoms with Crippen LogP contribution in [0.2, 0.25) is 0 Å². The zero-order valence-corrected chi connectivity index (χ0v) is 30.7. The van der Waals surface area contributed by atoms with E-state index in [1.807, 2.05) is 12.1 Å². The number of hydrogen-bond donors (Lipinski definition) is 0. The molecule has 0 atom stereocenters. The van der Waals surface area contributed by atoms with Crippen LogP contribution in [0.15, 0.2) is 194 Å². The van der Waals surface area contributed by atoms with Gasteiger partial charge in [0.2, 0.25) is 0 Å². The van der Waals surface area contributed by atoms with E-state index in [1.54, 1.807) is 0 Å². The topological polar surface area (TPSA) is 44.9 Å². The van der Waals surface area contributed by atoms with Crippen molar-refractivity contribution in [2.45, 2.75) is 0 Å². The fourth-order valence-corrected chi connectivity index (χ4v) is 8.86. The monoisotopic (exact) mass is 728 g/mol. The SMILES string of the molecule is c1ccc(-c2ccc(-c3nc(-c4ccccc4-c4cccc5c4c4c6cccc7c6n(c4n5-c4ccccc4)-c4ccccc4O7)nc4ccccc34)cc2)cc1. The van der Waals surface area contributed by atoms with E-state index in [0.29, 0.717) is 5.82 Å². The van der Waals surface area contributed by atoms with Crippen molar-refractivity contribution in [3.8, 4) is 67.8 Å². The summed E-state index contributed by atoms with van der Waals surface area (Å²) in [5.41, 5.74) is 13.8. The summed E-state index contributed by atoms with van der Waals surface area (Å²) in [6.45, 7) is 0. The van der Waals surface area contributed by atoms with E-state index in [1.165, 1.54) is 21.9 Å². The minimum atomic E-state index is 0.687. The molecule has 1 aliphatic rings. The average Bonchev–Trinajstić information content (AvgIpc) is 3.81. The molecule has 4 heterocycles. The Kier molecular flexibility index (Phi) is 6.86. The third kappa shape index (κ3) is 4.76. The summed E-state index contributed by atoms with van der Waals surface area (Å²) in [6, 6.07) is 68.2. The predicted molar refractivity (Wildman–Crippen MR) is 233 cm³/mol. The molecule has 0 fully saturated rings. The van der Waals surface area contributed by atoms with E-state index in [0.717, 1.165) is 83.8 Å². The normalized spacial score (nSPS) is 12.0. The molecule has 266 valence electrons. The molecule has 0 amide bonds. The van der Waals surface area contributed by atoms with Crippen molar-refractivity contribution in [1.29, 1.82) is 0 Å². The molecule has 0 radical (unpaired) electrons. The van der Waals surface area contributed by atoms with Crippen molar-refractivity contribution in [2.24, 2.45) is 0 Å². The fraction of sp³-hybridized carbons (Fsp3) is 0. The summed E-state index contributed by atoms with van der Waals surface area (Å²) < 4.78 is 11.4. The van der Waals surface area contributed by atoms with E-state index in [-0.39, 0.29) is 0 Å². The van der Waals surface area contributed by atoms with E-state index in [4.69, 9.17) is 14.7 Å². The lowest BCUT2D eigenvalue weighted by Gasteiger charge is -2.21. The Hall–Kier alpha value is -7.76. The fourth-order valence-electron chi connectivity index (χ4n) is 8.86. The van der Waals surface area contributed by atoms with Crippen molar-refractivity contribution < 1.29 is 4.74 Å². The van der Waals surface area contributed by atoms with Crippen LogP contribution in [-0.4, -0.2) is 19.1 Å². The molecule has 5 nitrogen and oxygen atoms in total. The molecule has 11 aromatic rings. The standard InChI is InChI=1S/C52H32N4O/c1-3-15-33(16-4-1)34-29-31-35(32-30-34)49-40-21-9-10-24-42(40)53-51(54-49)39-20-8-7-19-37(39)38-22-13-26-44-47(38)48-41-23-14-28-46-50(41)56(43-25-11-12-27-45(43)57-46)52(48)55(44)36-17-5-2-6-18-36/h1-32H. The van der Waals surface area contributed by atoms with Gasteiger partial charge in [-0.2, -0.15) is 0 Å². The molecule has 57 heavy (non-hydrogen) atoms. The quantitative estimate of drug-likeness (QED) is 0.177. The molecule has 0 unspecified atom stereocenters. The van der Waals surface area contributed by atoms with Gasteiger partial charge in [0.05, 0.1) is 27.9 Å². The van der Waals surface area contributed by atoms with Crippen LogP contribution in [0.5, 0.6) is 11.5 Å². The molecule has 0 N–H and O–H groups in total. The molecule has 0 bridgehead atoms. The van der Waals surface area contributed by atoms with Crippen molar-refractivity contribution >= 4 is 43.7 Å². The van der Waals surface area contributed by atoms with Gasteiger partial charge in [0.1, 0.15) is 5.65 Å². The van der Waals surface area contributed by atoms with Crippen LogP contribution in [0.25, 0.3) is 100 Å². The Morgan fingerprint density at radius 2 is 1.04 bits per heavy atom. The van der Waals surface area contributed by atoms with Crippen molar-refractivity contribution in [2.75, 3.05) is 0 Å². The van der Waals surface area contributed by atoms with E-state index < -0.39 is 0 Å². The molecule has 12 rings (SSSR count). The maximum absolute atomic E-state index is 6.56. The number of ether oxygens (including phenoxy) is 1. The summed E-state index contributed by atoms with van der Waals surface area (Å²) in [5.74, 6) is 2.37. The number of benzene rings is 8. The summed E-state index contributed by atoms with van der Waals surface area (Å²) in [5, 5.41) is 4.51. The minimum absolute atomic E-state index is 0.687. The molecule has 0 spiro atoms. The number of hydrogen-bond acceptors (Lipinski definition) is 3. The lowest BCUT2D eigenvalue weighted by molar-refractivity contribution is 0.476. The highest BCUT2D eigenvalue weighted by molar-refractivity contribution is 6.27. The second kappa shape index (κ2) is 12.4. The average molecular weight is 729 g/mol. The molecular formula is C52H32N4O. The molecule has 1 aliphatic heterocycles. The molecule has 0 saturated carbocycles. The molecule has 5 heteroatoms.